The van der Waals surface area contributed by atoms with Crippen molar-refractivity contribution in [3.05, 3.63) is 69.9 Å². The molecule has 0 aliphatic rings. The van der Waals surface area contributed by atoms with E-state index in [4.69, 9.17) is 10.2 Å². The van der Waals surface area contributed by atoms with E-state index in [0.717, 1.165) is 0 Å². The Balaban J connectivity index is 2.08. The van der Waals surface area contributed by atoms with Crippen molar-refractivity contribution in [3.63, 3.8) is 0 Å². The third kappa shape index (κ3) is 2.23. The Bertz CT molecular complexity index is 785. The van der Waals surface area contributed by atoms with E-state index in [0.29, 0.717) is 21.2 Å². The quantitative estimate of drug-likeness (QED) is 0.746. The normalized spacial score (nSPS) is 12.8. The van der Waals surface area contributed by atoms with Crippen molar-refractivity contribution in [2.75, 3.05) is 0 Å². The highest BCUT2D eigenvalue weighted by molar-refractivity contribution is 9.10. The van der Waals surface area contributed by atoms with Gasteiger partial charge in [0.05, 0.1) is 6.04 Å². The Kier molecular flexibility index (Phi) is 3.31. The van der Waals surface area contributed by atoms with Crippen LogP contribution in [-0.2, 0) is 0 Å². The number of benzene rings is 2. The second-order valence-corrected chi connectivity index (χ2v) is 5.30. The standard InChI is InChI=1S/C15H10BrF2NO/c16-11-7-9(17)4-5-10(11)14(19)13-6-8-2-1-3-12(18)15(8)20-13/h1-7,14H,19H2. The summed E-state index contributed by atoms with van der Waals surface area (Å²) in [5, 5.41) is 0.647. The minimum atomic E-state index is -0.600. The fourth-order valence-corrected chi connectivity index (χ4v) is 2.71. The molecule has 3 aromatic rings. The molecule has 3 rings (SSSR count). The lowest BCUT2D eigenvalue weighted by Crippen LogP contribution is -2.11. The van der Waals surface area contributed by atoms with Crippen LogP contribution in [0.15, 0.2) is 51.4 Å². The van der Waals surface area contributed by atoms with Crippen LogP contribution in [0.2, 0.25) is 0 Å². The lowest BCUT2D eigenvalue weighted by molar-refractivity contribution is 0.501. The first-order valence-corrected chi connectivity index (χ1v) is 6.74. The fraction of sp³-hybridized carbons (Fsp3) is 0.0667. The maximum Gasteiger partial charge on any atom is 0.169 e. The predicted octanol–water partition coefficient (Wildman–Crippen LogP) is 4.52. The van der Waals surface area contributed by atoms with Crippen LogP contribution in [0, 0.1) is 11.6 Å². The molecule has 1 atom stereocenters. The number of nitrogens with two attached hydrogens (primary N) is 1. The summed E-state index contributed by atoms with van der Waals surface area (Å²) in [6, 6.07) is 10.0. The average Bonchev–Trinajstić information content (AvgIpc) is 2.83. The first-order valence-electron chi connectivity index (χ1n) is 5.95. The predicted molar refractivity (Wildman–Crippen MR) is 76.3 cm³/mol. The number of halogens is 3. The summed E-state index contributed by atoms with van der Waals surface area (Å²) in [4.78, 5) is 0. The molecule has 0 fully saturated rings. The lowest BCUT2D eigenvalue weighted by atomic mass is 10.1. The van der Waals surface area contributed by atoms with Gasteiger partial charge in [0.1, 0.15) is 11.6 Å². The van der Waals surface area contributed by atoms with Gasteiger partial charge in [0.25, 0.3) is 0 Å². The van der Waals surface area contributed by atoms with Gasteiger partial charge in [0, 0.05) is 9.86 Å². The number of hydrogen-bond acceptors (Lipinski definition) is 2. The van der Waals surface area contributed by atoms with Gasteiger partial charge in [-0.05, 0) is 29.8 Å². The van der Waals surface area contributed by atoms with Crippen LogP contribution < -0.4 is 5.73 Å². The highest BCUT2D eigenvalue weighted by Crippen LogP contribution is 2.31. The molecule has 2 nitrogen and oxygen atoms in total. The molecule has 0 spiro atoms. The smallest absolute Gasteiger partial charge is 0.169 e. The lowest BCUT2D eigenvalue weighted by Gasteiger charge is -2.11. The Morgan fingerprint density at radius 2 is 1.90 bits per heavy atom. The molecular formula is C15H10BrF2NO. The Hall–Kier alpha value is -1.72. The zero-order valence-corrected chi connectivity index (χ0v) is 11.8. The van der Waals surface area contributed by atoms with Crippen LogP contribution in [0.5, 0.6) is 0 Å². The molecule has 0 saturated heterocycles. The number of furan rings is 1. The molecule has 0 bridgehead atoms. The van der Waals surface area contributed by atoms with E-state index < -0.39 is 11.9 Å². The van der Waals surface area contributed by atoms with Gasteiger partial charge in [-0.25, -0.2) is 8.78 Å². The van der Waals surface area contributed by atoms with Crippen LogP contribution in [-0.4, -0.2) is 0 Å². The number of para-hydroxylation sites is 1. The van der Waals surface area contributed by atoms with Gasteiger partial charge in [-0.1, -0.05) is 34.1 Å². The summed E-state index contributed by atoms with van der Waals surface area (Å²) < 4.78 is 32.7. The molecule has 0 radical (unpaired) electrons. The molecule has 2 N–H and O–H groups in total. The number of fused-ring (bicyclic) bond motifs is 1. The van der Waals surface area contributed by atoms with Crippen molar-refractivity contribution in [1.82, 2.24) is 0 Å². The van der Waals surface area contributed by atoms with E-state index in [1.807, 2.05) is 0 Å². The van der Waals surface area contributed by atoms with Gasteiger partial charge in [0.2, 0.25) is 0 Å². The van der Waals surface area contributed by atoms with Crippen molar-refractivity contribution in [3.8, 4) is 0 Å². The van der Waals surface area contributed by atoms with Crippen LogP contribution >= 0.6 is 15.9 Å². The summed E-state index contributed by atoms with van der Waals surface area (Å²) >= 11 is 3.27. The highest BCUT2D eigenvalue weighted by atomic mass is 79.9. The molecule has 0 saturated carbocycles. The summed E-state index contributed by atoms with van der Waals surface area (Å²) in [6.45, 7) is 0. The Morgan fingerprint density at radius 3 is 2.60 bits per heavy atom. The van der Waals surface area contributed by atoms with Gasteiger partial charge in [0.15, 0.2) is 11.4 Å². The summed E-state index contributed by atoms with van der Waals surface area (Å²) in [5.74, 6) is -0.361. The second-order valence-electron chi connectivity index (χ2n) is 4.45. The van der Waals surface area contributed by atoms with Crippen molar-refractivity contribution in [2.24, 2.45) is 5.73 Å². The second kappa shape index (κ2) is 5.00. The molecule has 0 aliphatic heterocycles. The van der Waals surface area contributed by atoms with Crippen LogP contribution in [0.4, 0.5) is 8.78 Å². The Labute approximate surface area is 122 Å². The summed E-state index contributed by atoms with van der Waals surface area (Å²) in [6.07, 6.45) is 0. The topological polar surface area (TPSA) is 39.2 Å². The van der Waals surface area contributed by atoms with E-state index in [9.17, 15) is 8.78 Å². The molecule has 0 aliphatic carbocycles. The molecule has 0 amide bonds. The minimum absolute atomic E-state index is 0.177. The van der Waals surface area contributed by atoms with E-state index in [-0.39, 0.29) is 11.4 Å². The van der Waals surface area contributed by atoms with Crippen molar-refractivity contribution in [2.45, 2.75) is 6.04 Å². The van der Waals surface area contributed by atoms with E-state index >= 15 is 0 Å². The average molecular weight is 338 g/mol. The fourth-order valence-electron chi connectivity index (χ4n) is 2.11. The van der Waals surface area contributed by atoms with Gasteiger partial charge in [-0.3, -0.25) is 0 Å². The van der Waals surface area contributed by atoms with Crippen molar-refractivity contribution >= 4 is 26.9 Å². The van der Waals surface area contributed by atoms with Crippen LogP contribution in [0.25, 0.3) is 11.0 Å². The van der Waals surface area contributed by atoms with Crippen molar-refractivity contribution in [1.29, 1.82) is 0 Å². The first kappa shape index (κ1) is 13.3. The Morgan fingerprint density at radius 1 is 1.10 bits per heavy atom. The van der Waals surface area contributed by atoms with Gasteiger partial charge < -0.3 is 10.2 Å². The number of rotatable bonds is 2. The monoisotopic (exact) mass is 337 g/mol. The maximum absolute atomic E-state index is 13.6. The zero-order valence-electron chi connectivity index (χ0n) is 10.2. The summed E-state index contributed by atoms with van der Waals surface area (Å²) in [7, 11) is 0. The van der Waals surface area contributed by atoms with E-state index in [2.05, 4.69) is 15.9 Å². The largest absolute Gasteiger partial charge is 0.456 e. The zero-order chi connectivity index (χ0) is 14.3. The van der Waals surface area contributed by atoms with Crippen LogP contribution in [0.3, 0.4) is 0 Å². The van der Waals surface area contributed by atoms with Crippen molar-refractivity contribution < 1.29 is 13.2 Å². The van der Waals surface area contributed by atoms with Gasteiger partial charge in [-0.15, -0.1) is 0 Å². The SMILES string of the molecule is NC(c1cc2cccc(F)c2o1)c1ccc(F)cc1Br. The number of hydrogen-bond donors (Lipinski definition) is 1. The van der Waals surface area contributed by atoms with E-state index in [1.165, 1.54) is 18.2 Å². The van der Waals surface area contributed by atoms with Crippen LogP contribution in [0.1, 0.15) is 17.4 Å². The third-order valence-corrected chi connectivity index (χ3v) is 3.81. The molecule has 20 heavy (non-hydrogen) atoms. The molecule has 1 heterocycles. The molecule has 1 unspecified atom stereocenters. The molecule has 1 aromatic heterocycles. The van der Waals surface area contributed by atoms with Gasteiger partial charge in [-0.2, -0.15) is 0 Å². The molecule has 2 aromatic carbocycles. The third-order valence-electron chi connectivity index (χ3n) is 3.12. The first-order chi connectivity index (χ1) is 9.56. The molecule has 102 valence electrons. The highest BCUT2D eigenvalue weighted by Gasteiger charge is 2.18. The van der Waals surface area contributed by atoms with Gasteiger partial charge >= 0.3 is 0 Å². The molecule has 5 heteroatoms. The summed E-state index contributed by atoms with van der Waals surface area (Å²) in [5.41, 5.74) is 6.96. The van der Waals surface area contributed by atoms with E-state index in [1.54, 1.807) is 24.3 Å². The minimum Gasteiger partial charge on any atom is -0.456 e. The molecular weight excluding hydrogens is 328 g/mol. The maximum atomic E-state index is 13.6.